The van der Waals surface area contributed by atoms with Gasteiger partial charge in [0.15, 0.2) is 6.04 Å². The van der Waals surface area contributed by atoms with Crippen molar-refractivity contribution < 1.29 is 14.5 Å². The summed E-state index contributed by atoms with van der Waals surface area (Å²) in [4.78, 5) is 24.9. The first-order valence-electron chi connectivity index (χ1n) is 7.91. The van der Waals surface area contributed by atoms with Crippen molar-refractivity contribution in [3.05, 3.63) is 29.3 Å². The molecular formula is C17H26N3O2+. The minimum absolute atomic E-state index is 0.0300. The number of aryl methyl sites for hydroxylation is 2. The smallest absolute Gasteiger partial charge is 0.282 e. The Morgan fingerprint density at radius 2 is 1.77 bits per heavy atom. The van der Waals surface area contributed by atoms with E-state index in [0.29, 0.717) is 0 Å². The first-order valence-corrected chi connectivity index (χ1v) is 7.91. The van der Waals surface area contributed by atoms with Crippen molar-refractivity contribution in [2.75, 3.05) is 18.4 Å². The van der Waals surface area contributed by atoms with Gasteiger partial charge < -0.3 is 16.0 Å². The number of para-hydroxylation sites is 1. The molecule has 0 aliphatic carbocycles. The van der Waals surface area contributed by atoms with Crippen LogP contribution in [0.2, 0.25) is 0 Å². The van der Waals surface area contributed by atoms with Crippen LogP contribution in [0.1, 0.15) is 30.9 Å². The molecule has 0 bridgehead atoms. The van der Waals surface area contributed by atoms with Gasteiger partial charge in [-0.2, -0.15) is 0 Å². The average molecular weight is 304 g/mol. The Kier molecular flexibility index (Phi) is 5.19. The van der Waals surface area contributed by atoms with E-state index in [1.54, 1.807) is 0 Å². The average Bonchev–Trinajstić information content (AvgIpc) is 2.50. The molecule has 2 amide bonds. The van der Waals surface area contributed by atoms with Crippen LogP contribution in [0.4, 0.5) is 5.69 Å². The summed E-state index contributed by atoms with van der Waals surface area (Å²) in [6, 6.07) is 5.86. The largest absolute Gasteiger partial charge is 0.369 e. The van der Waals surface area contributed by atoms with Crippen molar-refractivity contribution in [3.63, 3.8) is 0 Å². The summed E-state index contributed by atoms with van der Waals surface area (Å²) in [6.07, 6.45) is 1.54. The van der Waals surface area contributed by atoms with E-state index in [9.17, 15) is 9.59 Å². The van der Waals surface area contributed by atoms with Gasteiger partial charge in [-0.1, -0.05) is 18.2 Å². The first-order chi connectivity index (χ1) is 10.4. The number of hydrogen-bond donors (Lipinski definition) is 3. The molecule has 120 valence electrons. The Hall–Kier alpha value is -1.88. The maximum absolute atomic E-state index is 12.5. The van der Waals surface area contributed by atoms with Crippen LogP contribution in [0, 0.1) is 19.8 Å². The number of nitrogens with one attached hydrogen (secondary N) is 2. The zero-order valence-corrected chi connectivity index (χ0v) is 13.6. The molecular weight excluding hydrogens is 278 g/mol. The minimum Gasteiger partial charge on any atom is -0.369 e. The quantitative estimate of drug-likeness (QED) is 0.753. The second-order valence-electron chi connectivity index (χ2n) is 6.31. The van der Waals surface area contributed by atoms with Crippen molar-refractivity contribution in [2.24, 2.45) is 11.7 Å². The molecule has 1 fully saturated rings. The normalized spacial score (nSPS) is 22.9. The van der Waals surface area contributed by atoms with Gasteiger partial charge in [0.2, 0.25) is 5.91 Å². The maximum atomic E-state index is 12.5. The van der Waals surface area contributed by atoms with Crippen molar-refractivity contribution in [3.8, 4) is 0 Å². The molecule has 2 rings (SSSR count). The van der Waals surface area contributed by atoms with E-state index in [0.717, 1.165) is 42.7 Å². The molecule has 1 aliphatic heterocycles. The van der Waals surface area contributed by atoms with Crippen LogP contribution in [0.15, 0.2) is 18.2 Å². The third-order valence-corrected chi connectivity index (χ3v) is 4.77. The Balaban J connectivity index is 1.97. The van der Waals surface area contributed by atoms with E-state index >= 15 is 0 Å². The predicted octanol–water partition coefficient (Wildman–Crippen LogP) is 0.411. The van der Waals surface area contributed by atoms with Gasteiger partial charge in [-0.15, -0.1) is 0 Å². The van der Waals surface area contributed by atoms with Gasteiger partial charge in [0, 0.05) is 24.4 Å². The van der Waals surface area contributed by atoms with E-state index in [1.165, 1.54) is 4.90 Å². The van der Waals surface area contributed by atoms with Crippen LogP contribution in [-0.4, -0.2) is 30.9 Å². The number of nitrogens with two attached hydrogens (primary N) is 1. The molecule has 0 saturated carbocycles. The molecule has 5 heteroatoms. The highest BCUT2D eigenvalue weighted by molar-refractivity contribution is 5.95. The summed E-state index contributed by atoms with van der Waals surface area (Å²) in [5, 5.41) is 3.06. The Labute approximate surface area is 131 Å². The summed E-state index contributed by atoms with van der Waals surface area (Å²) in [5.74, 6) is -0.214. The summed E-state index contributed by atoms with van der Waals surface area (Å²) in [5.41, 5.74) is 8.41. The van der Waals surface area contributed by atoms with Crippen LogP contribution < -0.4 is 16.0 Å². The van der Waals surface area contributed by atoms with Crippen molar-refractivity contribution in [1.82, 2.24) is 0 Å². The lowest BCUT2D eigenvalue weighted by Crippen LogP contribution is -3.17. The van der Waals surface area contributed by atoms with E-state index in [1.807, 2.05) is 39.0 Å². The van der Waals surface area contributed by atoms with Crippen LogP contribution in [0.3, 0.4) is 0 Å². The number of piperidine rings is 1. The highest BCUT2D eigenvalue weighted by Gasteiger charge is 2.32. The van der Waals surface area contributed by atoms with Gasteiger partial charge in [-0.3, -0.25) is 9.59 Å². The SMILES string of the molecule is Cc1cccc(C)c1NC(=O)[C@H](C)[NH+]1CCC(C(N)=O)CC1. The Morgan fingerprint density at radius 1 is 1.23 bits per heavy atom. The van der Waals surface area contributed by atoms with Gasteiger partial charge in [0.25, 0.3) is 5.91 Å². The fraction of sp³-hybridized carbons (Fsp3) is 0.529. The fourth-order valence-corrected chi connectivity index (χ4v) is 3.13. The topological polar surface area (TPSA) is 76.6 Å². The summed E-state index contributed by atoms with van der Waals surface area (Å²) in [6.45, 7) is 7.57. The number of primary amides is 1. The summed E-state index contributed by atoms with van der Waals surface area (Å²) >= 11 is 0. The van der Waals surface area contributed by atoms with Gasteiger partial charge in [-0.05, 0) is 31.9 Å². The number of amides is 2. The number of hydrogen-bond acceptors (Lipinski definition) is 2. The number of rotatable bonds is 4. The summed E-state index contributed by atoms with van der Waals surface area (Å²) < 4.78 is 0. The number of carbonyl (C=O) groups is 2. The predicted molar refractivity (Wildman–Crippen MR) is 86.6 cm³/mol. The monoisotopic (exact) mass is 304 g/mol. The zero-order valence-electron chi connectivity index (χ0n) is 13.6. The molecule has 0 aromatic heterocycles. The third kappa shape index (κ3) is 3.65. The molecule has 1 atom stereocenters. The number of anilines is 1. The lowest BCUT2D eigenvalue weighted by molar-refractivity contribution is -0.919. The standard InChI is InChI=1S/C17H25N3O2/c1-11-5-4-6-12(2)15(11)19-17(22)13(3)20-9-7-14(8-10-20)16(18)21/h4-6,13-14H,7-10H2,1-3H3,(H2,18,21)(H,19,22)/p+1/t13-/m0/s1. The number of quaternary nitrogens is 1. The van der Waals surface area contributed by atoms with E-state index in [-0.39, 0.29) is 23.8 Å². The number of carbonyl (C=O) groups excluding carboxylic acids is 2. The molecule has 1 saturated heterocycles. The van der Waals surface area contributed by atoms with Crippen LogP contribution in [-0.2, 0) is 9.59 Å². The highest BCUT2D eigenvalue weighted by atomic mass is 16.2. The summed E-state index contributed by atoms with van der Waals surface area (Å²) in [7, 11) is 0. The molecule has 0 spiro atoms. The first kappa shape index (κ1) is 16.5. The van der Waals surface area contributed by atoms with E-state index < -0.39 is 0 Å². The van der Waals surface area contributed by atoms with Crippen molar-refractivity contribution in [2.45, 2.75) is 39.7 Å². The second-order valence-corrected chi connectivity index (χ2v) is 6.31. The lowest BCUT2D eigenvalue weighted by Gasteiger charge is -2.31. The van der Waals surface area contributed by atoms with Gasteiger partial charge in [-0.25, -0.2) is 0 Å². The molecule has 1 aliphatic rings. The third-order valence-electron chi connectivity index (χ3n) is 4.77. The maximum Gasteiger partial charge on any atom is 0.282 e. The van der Waals surface area contributed by atoms with Gasteiger partial charge in [0.05, 0.1) is 13.1 Å². The van der Waals surface area contributed by atoms with Gasteiger partial charge in [0.1, 0.15) is 0 Å². The van der Waals surface area contributed by atoms with E-state index in [4.69, 9.17) is 5.73 Å². The second kappa shape index (κ2) is 6.92. The minimum atomic E-state index is -0.216. The number of likely N-dealkylation sites (tertiary alicyclic amines) is 1. The number of benzene rings is 1. The Bertz CT molecular complexity index is 543. The lowest BCUT2D eigenvalue weighted by atomic mass is 9.95. The van der Waals surface area contributed by atoms with Crippen LogP contribution >= 0.6 is 0 Å². The van der Waals surface area contributed by atoms with Gasteiger partial charge >= 0.3 is 0 Å². The molecule has 0 unspecified atom stereocenters. The highest BCUT2D eigenvalue weighted by Crippen LogP contribution is 2.19. The molecule has 1 heterocycles. The molecule has 1 aromatic carbocycles. The zero-order chi connectivity index (χ0) is 16.3. The molecule has 5 nitrogen and oxygen atoms in total. The molecule has 0 radical (unpaired) electrons. The van der Waals surface area contributed by atoms with Crippen LogP contribution in [0.5, 0.6) is 0 Å². The van der Waals surface area contributed by atoms with E-state index in [2.05, 4.69) is 5.32 Å². The van der Waals surface area contributed by atoms with Crippen LogP contribution in [0.25, 0.3) is 0 Å². The van der Waals surface area contributed by atoms with Crippen molar-refractivity contribution >= 4 is 17.5 Å². The molecule has 4 N–H and O–H groups in total. The Morgan fingerprint density at radius 3 is 2.27 bits per heavy atom. The molecule has 22 heavy (non-hydrogen) atoms. The van der Waals surface area contributed by atoms with Crippen molar-refractivity contribution in [1.29, 1.82) is 0 Å². The molecule has 1 aromatic rings. The fourth-order valence-electron chi connectivity index (χ4n) is 3.13.